The molecule has 4 rings (SSSR count). The Bertz CT molecular complexity index is 1230. The van der Waals surface area contributed by atoms with Gasteiger partial charge in [0, 0.05) is 42.8 Å². The first kappa shape index (κ1) is 26.6. The molecule has 38 heavy (non-hydrogen) atoms. The molecule has 1 fully saturated rings. The van der Waals surface area contributed by atoms with Crippen molar-refractivity contribution in [2.45, 2.75) is 31.0 Å². The maximum Gasteiger partial charge on any atom is 0.340 e. The van der Waals surface area contributed by atoms with Gasteiger partial charge in [0.15, 0.2) is 0 Å². The van der Waals surface area contributed by atoms with Gasteiger partial charge in [-0.15, -0.1) is 0 Å². The molecule has 1 aliphatic rings. The van der Waals surface area contributed by atoms with Crippen LogP contribution >= 0.6 is 0 Å². The van der Waals surface area contributed by atoms with Crippen molar-refractivity contribution in [1.82, 2.24) is 15.3 Å². The van der Waals surface area contributed by atoms with Gasteiger partial charge in [0.1, 0.15) is 6.61 Å². The molecule has 0 bridgehead atoms. The van der Waals surface area contributed by atoms with E-state index in [1.807, 2.05) is 12.1 Å². The van der Waals surface area contributed by atoms with Crippen LogP contribution in [0.15, 0.2) is 73.1 Å². The molecule has 1 aromatic heterocycles. The molecule has 3 aromatic rings. The Labute approximate surface area is 220 Å². The van der Waals surface area contributed by atoms with E-state index >= 15 is 0 Å². The van der Waals surface area contributed by atoms with E-state index in [0.29, 0.717) is 17.1 Å². The summed E-state index contributed by atoms with van der Waals surface area (Å²) in [5.41, 5.74) is 5.40. The molecule has 1 saturated heterocycles. The third-order valence-electron chi connectivity index (χ3n) is 6.38. The molecule has 0 saturated carbocycles. The fourth-order valence-electron chi connectivity index (χ4n) is 4.07. The minimum atomic E-state index is -2.42. The monoisotopic (exact) mass is 518 g/mol. The van der Waals surface area contributed by atoms with E-state index < -0.39 is 29.9 Å². The van der Waals surface area contributed by atoms with E-state index in [1.54, 1.807) is 60.9 Å². The fourth-order valence-corrected chi connectivity index (χ4v) is 4.07. The zero-order chi connectivity index (χ0) is 27.0. The Balaban J connectivity index is 1.28. The number of carbonyl (C=O) groups excluding carboxylic acids is 2. The second kappa shape index (κ2) is 12.2. The predicted octanol–water partition coefficient (Wildman–Crippen LogP) is 1.81. The van der Waals surface area contributed by atoms with E-state index in [1.165, 1.54) is 0 Å². The van der Waals surface area contributed by atoms with Gasteiger partial charge in [-0.25, -0.2) is 19.6 Å². The van der Waals surface area contributed by atoms with Crippen molar-refractivity contribution in [3.63, 3.8) is 0 Å². The fraction of sp³-hybridized carbons (Fsp3) is 0.296. The molecule has 0 aliphatic carbocycles. The van der Waals surface area contributed by atoms with Crippen molar-refractivity contribution in [2.75, 3.05) is 29.9 Å². The Morgan fingerprint density at radius 3 is 2.29 bits per heavy atom. The molecule has 1 aliphatic heterocycles. The lowest BCUT2D eigenvalue weighted by Gasteiger charge is -2.34. The van der Waals surface area contributed by atoms with Gasteiger partial charge in [0.25, 0.3) is 5.91 Å². The van der Waals surface area contributed by atoms with Gasteiger partial charge >= 0.3 is 11.9 Å². The SMILES string of the molecule is N[C@@](CNC(=O)c1ccc(N2CCC(Nc3ncccn3)CC2)cc1)(C(=O)O)C(=O)OCc1ccccc1. The summed E-state index contributed by atoms with van der Waals surface area (Å²) in [4.78, 5) is 47.6. The number of rotatable bonds is 10. The summed E-state index contributed by atoms with van der Waals surface area (Å²) >= 11 is 0. The van der Waals surface area contributed by atoms with Gasteiger partial charge in [-0.05, 0) is 48.7 Å². The van der Waals surface area contributed by atoms with E-state index in [2.05, 4.69) is 25.5 Å². The number of ether oxygens (including phenoxy) is 1. The Morgan fingerprint density at radius 2 is 1.66 bits per heavy atom. The Morgan fingerprint density at radius 1 is 1.00 bits per heavy atom. The number of aromatic nitrogens is 2. The lowest BCUT2D eigenvalue weighted by Crippen LogP contribution is -2.62. The molecule has 11 nitrogen and oxygen atoms in total. The summed E-state index contributed by atoms with van der Waals surface area (Å²) < 4.78 is 5.10. The first-order valence-electron chi connectivity index (χ1n) is 12.3. The summed E-state index contributed by atoms with van der Waals surface area (Å²) in [6.45, 7) is 0.904. The van der Waals surface area contributed by atoms with Gasteiger partial charge in [-0.1, -0.05) is 30.3 Å². The standard InChI is InChI=1S/C27H30N6O5/c28-27(24(35)36,25(37)38-17-19-5-2-1-3-6-19)18-31-23(34)20-7-9-22(10-8-20)33-15-11-21(12-16-33)32-26-29-13-4-14-30-26/h1-10,13-14,21H,11-12,15-18,28H2,(H,31,34)(H,35,36)(H,29,30,32)/t27-/m0/s1. The quantitative estimate of drug-likeness (QED) is 0.230. The van der Waals surface area contributed by atoms with Gasteiger partial charge in [0.05, 0.1) is 6.54 Å². The average Bonchev–Trinajstić information content (AvgIpc) is 2.96. The zero-order valence-corrected chi connectivity index (χ0v) is 20.7. The Kier molecular flexibility index (Phi) is 8.49. The number of esters is 1. The van der Waals surface area contributed by atoms with Crippen LogP contribution in [-0.4, -0.2) is 64.1 Å². The minimum absolute atomic E-state index is 0.130. The number of hydrogen-bond donors (Lipinski definition) is 4. The maximum atomic E-state index is 12.7. The van der Waals surface area contributed by atoms with E-state index in [-0.39, 0.29) is 12.6 Å². The number of carboxylic acid groups (broad SMARTS) is 1. The maximum absolute atomic E-state index is 12.7. The lowest BCUT2D eigenvalue weighted by atomic mass is 10.0. The largest absolute Gasteiger partial charge is 0.479 e. The van der Waals surface area contributed by atoms with E-state index in [0.717, 1.165) is 31.6 Å². The average molecular weight is 519 g/mol. The minimum Gasteiger partial charge on any atom is -0.479 e. The number of aliphatic carboxylic acids is 1. The van der Waals surface area contributed by atoms with Gasteiger partial charge in [-0.3, -0.25) is 4.79 Å². The third kappa shape index (κ3) is 6.62. The highest BCUT2D eigenvalue weighted by molar-refractivity contribution is 6.05. The molecular formula is C27H30N6O5. The summed E-state index contributed by atoms with van der Waals surface area (Å²) in [5.74, 6) is -2.66. The molecule has 198 valence electrons. The molecule has 2 heterocycles. The molecule has 0 radical (unpaired) electrons. The summed E-state index contributed by atoms with van der Waals surface area (Å²) in [6.07, 6.45) is 5.23. The van der Waals surface area contributed by atoms with Crippen LogP contribution in [0.4, 0.5) is 11.6 Å². The molecule has 0 unspecified atom stereocenters. The topological polar surface area (TPSA) is 160 Å². The van der Waals surface area contributed by atoms with Crippen molar-refractivity contribution in [3.8, 4) is 0 Å². The van der Waals surface area contributed by atoms with Gasteiger partial charge < -0.3 is 31.1 Å². The molecule has 5 N–H and O–H groups in total. The number of piperidine rings is 1. The van der Waals surface area contributed by atoms with Crippen molar-refractivity contribution >= 4 is 29.5 Å². The van der Waals surface area contributed by atoms with Crippen LogP contribution in [0.1, 0.15) is 28.8 Å². The molecule has 11 heteroatoms. The second-order valence-corrected chi connectivity index (χ2v) is 9.05. The first-order chi connectivity index (χ1) is 18.3. The van der Waals surface area contributed by atoms with Crippen molar-refractivity contribution in [1.29, 1.82) is 0 Å². The highest BCUT2D eigenvalue weighted by Gasteiger charge is 2.44. The number of carbonyl (C=O) groups is 3. The second-order valence-electron chi connectivity index (χ2n) is 9.05. The highest BCUT2D eigenvalue weighted by atomic mass is 16.5. The summed E-state index contributed by atoms with van der Waals surface area (Å²) in [6, 6.07) is 17.8. The molecule has 1 amide bonds. The molecule has 0 spiro atoms. The van der Waals surface area contributed by atoms with Crippen LogP contribution in [0.3, 0.4) is 0 Å². The number of nitrogens with zero attached hydrogens (tertiary/aromatic N) is 3. The normalized spacial score (nSPS) is 15.2. The predicted molar refractivity (Wildman–Crippen MR) is 140 cm³/mol. The number of amides is 1. The number of anilines is 2. The van der Waals surface area contributed by atoms with Crippen LogP contribution in [0.25, 0.3) is 0 Å². The molecule has 2 aromatic carbocycles. The smallest absolute Gasteiger partial charge is 0.340 e. The lowest BCUT2D eigenvalue weighted by molar-refractivity contribution is -0.161. The van der Waals surface area contributed by atoms with E-state index in [4.69, 9.17) is 10.5 Å². The third-order valence-corrected chi connectivity index (χ3v) is 6.38. The van der Waals surface area contributed by atoms with Crippen LogP contribution in [0.2, 0.25) is 0 Å². The van der Waals surface area contributed by atoms with Crippen LogP contribution in [-0.2, 0) is 20.9 Å². The number of benzene rings is 2. The number of hydrogen-bond acceptors (Lipinski definition) is 9. The van der Waals surface area contributed by atoms with Crippen molar-refractivity contribution in [2.24, 2.45) is 5.73 Å². The van der Waals surface area contributed by atoms with Crippen LogP contribution in [0.5, 0.6) is 0 Å². The molecule has 1 atom stereocenters. The number of carboxylic acids is 1. The summed E-state index contributed by atoms with van der Waals surface area (Å²) in [5, 5.41) is 15.4. The number of nitrogens with two attached hydrogens (primary N) is 1. The zero-order valence-electron chi connectivity index (χ0n) is 20.7. The van der Waals surface area contributed by atoms with E-state index in [9.17, 15) is 19.5 Å². The molecular weight excluding hydrogens is 488 g/mol. The van der Waals surface area contributed by atoms with Crippen molar-refractivity contribution in [3.05, 3.63) is 84.2 Å². The highest BCUT2D eigenvalue weighted by Crippen LogP contribution is 2.22. The van der Waals surface area contributed by atoms with Gasteiger partial charge in [-0.2, -0.15) is 0 Å². The van der Waals surface area contributed by atoms with Crippen molar-refractivity contribution < 1.29 is 24.2 Å². The Hall–Kier alpha value is -4.51. The van der Waals surface area contributed by atoms with Gasteiger partial charge in [0.2, 0.25) is 11.5 Å². The van der Waals surface area contributed by atoms with Crippen LogP contribution < -0.4 is 21.3 Å². The first-order valence-corrected chi connectivity index (χ1v) is 12.3. The number of nitrogens with one attached hydrogen (secondary N) is 2. The van der Waals surface area contributed by atoms with Crippen LogP contribution in [0, 0.1) is 0 Å². The summed E-state index contributed by atoms with van der Waals surface area (Å²) in [7, 11) is 0.